The summed E-state index contributed by atoms with van der Waals surface area (Å²) in [6.07, 6.45) is 1.08. The lowest BCUT2D eigenvalue weighted by molar-refractivity contribution is -0.222. The van der Waals surface area contributed by atoms with Crippen molar-refractivity contribution >= 4 is 17.6 Å². The van der Waals surface area contributed by atoms with E-state index in [1.807, 2.05) is 0 Å². The van der Waals surface area contributed by atoms with Crippen LogP contribution in [0.3, 0.4) is 0 Å². The van der Waals surface area contributed by atoms with Gasteiger partial charge < -0.3 is 14.8 Å². The predicted octanol–water partition coefficient (Wildman–Crippen LogP) is 2.27. The van der Waals surface area contributed by atoms with Crippen molar-refractivity contribution in [1.82, 2.24) is 0 Å². The van der Waals surface area contributed by atoms with Crippen molar-refractivity contribution in [3.63, 3.8) is 0 Å². The van der Waals surface area contributed by atoms with Crippen molar-refractivity contribution < 1.29 is 23.5 Å². The van der Waals surface area contributed by atoms with E-state index in [4.69, 9.17) is 9.47 Å². The van der Waals surface area contributed by atoms with Gasteiger partial charge in [-0.05, 0) is 24.6 Å². The van der Waals surface area contributed by atoms with Gasteiger partial charge in [0.15, 0.2) is 5.57 Å². The van der Waals surface area contributed by atoms with Gasteiger partial charge >= 0.3 is 11.9 Å². The largest absolute Gasteiger partial charge is 0.419 e. The average molecular weight is 279 g/mol. The maximum absolute atomic E-state index is 13.6. The monoisotopic (exact) mass is 279 g/mol. The van der Waals surface area contributed by atoms with Gasteiger partial charge in [0.2, 0.25) is 0 Å². The minimum absolute atomic E-state index is 0.147. The summed E-state index contributed by atoms with van der Waals surface area (Å²) in [5.74, 6) is -3.40. The molecule has 0 spiro atoms. The third-order valence-electron chi connectivity index (χ3n) is 2.61. The van der Waals surface area contributed by atoms with E-state index >= 15 is 0 Å². The average Bonchev–Trinajstić information content (AvgIpc) is 2.28. The van der Waals surface area contributed by atoms with Crippen LogP contribution in [-0.2, 0) is 19.1 Å². The first-order valence-corrected chi connectivity index (χ1v) is 5.98. The molecule has 0 amide bonds. The highest BCUT2D eigenvalue weighted by Gasteiger charge is 2.38. The predicted molar refractivity (Wildman–Crippen MR) is 69.1 cm³/mol. The standard InChI is InChI=1S/C14H14FNO4/c1-8-4-5-11(10(15)6-8)16-7-9-12(17)19-14(2,3)20-13(9)18/h4-7,16H,1-3H3. The Morgan fingerprint density at radius 2 is 1.80 bits per heavy atom. The summed E-state index contributed by atoms with van der Waals surface area (Å²) in [5.41, 5.74) is 0.594. The molecule has 20 heavy (non-hydrogen) atoms. The maximum atomic E-state index is 13.6. The zero-order chi connectivity index (χ0) is 14.9. The summed E-state index contributed by atoms with van der Waals surface area (Å²) >= 11 is 0. The van der Waals surface area contributed by atoms with Crippen LogP contribution in [0.5, 0.6) is 0 Å². The van der Waals surface area contributed by atoms with E-state index in [-0.39, 0.29) is 11.3 Å². The number of carbonyl (C=O) groups is 2. The van der Waals surface area contributed by atoms with Gasteiger partial charge in [-0.25, -0.2) is 14.0 Å². The number of esters is 2. The lowest BCUT2D eigenvalue weighted by Gasteiger charge is -2.29. The Bertz CT molecular complexity index is 585. The quantitative estimate of drug-likeness (QED) is 0.511. The first-order chi connectivity index (χ1) is 9.28. The molecule has 0 unspecified atom stereocenters. The number of anilines is 1. The summed E-state index contributed by atoms with van der Waals surface area (Å²) < 4.78 is 23.4. The zero-order valence-corrected chi connectivity index (χ0v) is 11.3. The molecule has 0 radical (unpaired) electrons. The maximum Gasteiger partial charge on any atom is 0.350 e. The smallest absolute Gasteiger partial charge is 0.350 e. The van der Waals surface area contributed by atoms with E-state index in [2.05, 4.69) is 5.32 Å². The Morgan fingerprint density at radius 3 is 2.35 bits per heavy atom. The van der Waals surface area contributed by atoms with Gasteiger partial charge in [-0.2, -0.15) is 0 Å². The summed E-state index contributed by atoms with van der Waals surface area (Å²) in [6.45, 7) is 4.66. The number of cyclic esters (lactones) is 2. The number of carbonyl (C=O) groups excluding carboxylic acids is 2. The fourth-order valence-corrected chi connectivity index (χ4v) is 1.67. The van der Waals surface area contributed by atoms with Crippen molar-refractivity contribution in [2.75, 3.05) is 5.32 Å². The number of aryl methyl sites for hydroxylation is 1. The Balaban J connectivity index is 2.19. The van der Waals surface area contributed by atoms with Crippen molar-refractivity contribution in [3.05, 3.63) is 41.4 Å². The summed E-state index contributed by atoms with van der Waals surface area (Å²) in [4.78, 5) is 23.3. The molecule has 5 nitrogen and oxygen atoms in total. The number of hydrogen-bond acceptors (Lipinski definition) is 5. The van der Waals surface area contributed by atoms with Crippen LogP contribution in [0.25, 0.3) is 0 Å². The van der Waals surface area contributed by atoms with Crippen LogP contribution in [-0.4, -0.2) is 17.7 Å². The van der Waals surface area contributed by atoms with Crippen LogP contribution in [0.15, 0.2) is 30.0 Å². The third-order valence-corrected chi connectivity index (χ3v) is 2.61. The fraction of sp³-hybridized carbons (Fsp3) is 0.286. The van der Waals surface area contributed by atoms with Crippen molar-refractivity contribution in [3.8, 4) is 0 Å². The third kappa shape index (κ3) is 2.96. The molecule has 1 fully saturated rings. The molecule has 0 bridgehead atoms. The molecule has 0 aromatic heterocycles. The molecule has 0 atom stereocenters. The van der Waals surface area contributed by atoms with Crippen LogP contribution in [0, 0.1) is 12.7 Å². The van der Waals surface area contributed by atoms with Crippen LogP contribution in [0.2, 0.25) is 0 Å². The molecule has 2 rings (SSSR count). The van der Waals surface area contributed by atoms with Crippen LogP contribution in [0.4, 0.5) is 10.1 Å². The molecule has 6 heteroatoms. The van der Waals surface area contributed by atoms with E-state index in [1.54, 1.807) is 13.0 Å². The van der Waals surface area contributed by atoms with Gasteiger partial charge in [0.05, 0.1) is 5.69 Å². The van der Waals surface area contributed by atoms with Gasteiger partial charge in [0.25, 0.3) is 5.79 Å². The number of rotatable bonds is 2. The summed E-state index contributed by atoms with van der Waals surface area (Å²) in [6, 6.07) is 4.54. The van der Waals surface area contributed by atoms with E-state index in [0.29, 0.717) is 0 Å². The molecule has 1 aromatic carbocycles. The molecule has 106 valence electrons. The Kier molecular flexibility index (Phi) is 3.48. The molecule has 1 N–H and O–H groups in total. The topological polar surface area (TPSA) is 64.6 Å². The van der Waals surface area contributed by atoms with Gasteiger partial charge in [-0.1, -0.05) is 6.07 Å². The van der Waals surface area contributed by atoms with Gasteiger partial charge in [0.1, 0.15) is 5.82 Å². The van der Waals surface area contributed by atoms with Gasteiger partial charge in [-0.3, -0.25) is 0 Å². The fourth-order valence-electron chi connectivity index (χ4n) is 1.67. The molecule has 1 aromatic rings. The van der Waals surface area contributed by atoms with E-state index < -0.39 is 23.5 Å². The number of nitrogens with one attached hydrogen (secondary N) is 1. The first kappa shape index (κ1) is 14.0. The lowest BCUT2D eigenvalue weighted by atomic mass is 10.2. The minimum atomic E-state index is -1.29. The first-order valence-electron chi connectivity index (χ1n) is 5.98. The lowest BCUT2D eigenvalue weighted by Crippen LogP contribution is -2.42. The SMILES string of the molecule is Cc1ccc(NC=C2C(=O)OC(C)(C)OC2=O)c(F)c1. The van der Waals surface area contributed by atoms with E-state index in [9.17, 15) is 14.0 Å². The van der Waals surface area contributed by atoms with E-state index in [0.717, 1.165) is 11.8 Å². The van der Waals surface area contributed by atoms with Crippen LogP contribution >= 0.6 is 0 Å². The molecule has 0 saturated carbocycles. The Morgan fingerprint density at radius 1 is 1.20 bits per heavy atom. The molecule has 1 heterocycles. The van der Waals surface area contributed by atoms with Gasteiger partial charge in [0, 0.05) is 20.0 Å². The van der Waals surface area contributed by atoms with Crippen LogP contribution < -0.4 is 5.32 Å². The minimum Gasteiger partial charge on any atom is -0.419 e. The number of hydrogen-bond donors (Lipinski definition) is 1. The number of ether oxygens (including phenoxy) is 2. The van der Waals surface area contributed by atoms with Crippen molar-refractivity contribution in [1.29, 1.82) is 0 Å². The number of benzene rings is 1. The highest BCUT2D eigenvalue weighted by molar-refractivity contribution is 6.15. The Hall–Kier alpha value is -2.37. The molecular formula is C14H14FNO4. The number of halogens is 1. The molecule has 1 saturated heterocycles. The van der Waals surface area contributed by atoms with Crippen molar-refractivity contribution in [2.45, 2.75) is 26.6 Å². The van der Waals surface area contributed by atoms with E-state index in [1.165, 1.54) is 26.0 Å². The van der Waals surface area contributed by atoms with Gasteiger partial charge in [-0.15, -0.1) is 0 Å². The second-order valence-corrected chi connectivity index (χ2v) is 4.86. The van der Waals surface area contributed by atoms with Crippen molar-refractivity contribution in [2.24, 2.45) is 0 Å². The normalized spacial score (nSPS) is 17.3. The zero-order valence-electron chi connectivity index (χ0n) is 11.3. The molecular weight excluding hydrogens is 265 g/mol. The molecule has 1 aliphatic heterocycles. The second kappa shape index (κ2) is 4.96. The molecule has 1 aliphatic rings. The highest BCUT2D eigenvalue weighted by Crippen LogP contribution is 2.23. The summed E-state index contributed by atoms with van der Waals surface area (Å²) in [5, 5.41) is 2.56. The highest BCUT2D eigenvalue weighted by atomic mass is 19.1. The summed E-state index contributed by atoms with van der Waals surface area (Å²) in [7, 11) is 0. The molecule has 0 aliphatic carbocycles. The van der Waals surface area contributed by atoms with Crippen LogP contribution in [0.1, 0.15) is 19.4 Å². The second-order valence-electron chi connectivity index (χ2n) is 4.86. The Labute approximate surface area is 115 Å².